The quantitative estimate of drug-likeness (QED) is 0.731. The lowest BCUT2D eigenvalue weighted by Gasteiger charge is -1.98. The largest absolute Gasteiger partial charge is 0.384 e. The zero-order chi connectivity index (χ0) is 12.9. The van der Waals surface area contributed by atoms with Gasteiger partial charge >= 0.3 is 0 Å². The van der Waals surface area contributed by atoms with E-state index < -0.39 is 0 Å². The highest BCUT2D eigenvalue weighted by Crippen LogP contribution is 2.33. The molecule has 0 bridgehead atoms. The van der Waals surface area contributed by atoms with Gasteiger partial charge in [0.1, 0.15) is 5.82 Å². The van der Waals surface area contributed by atoms with Crippen molar-refractivity contribution in [3.05, 3.63) is 35.5 Å². The Bertz CT molecular complexity index is 719. The van der Waals surface area contributed by atoms with Gasteiger partial charge in [0.05, 0.1) is 16.2 Å². The number of anilines is 1. The van der Waals surface area contributed by atoms with Crippen LogP contribution in [0, 0.1) is 0 Å². The molecule has 0 aliphatic rings. The Morgan fingerprint density at radius 1 is 1.28 bits per heavy atom. The van der Waals surface area contributed by atoms with Crippen LogP contribution in [0.2, 0.25) is 5.02 Å². The summed E-state index contributed by atoms with van der Waals surface area (Å²) in [4.78, 5) is 0. The van der Waals surface area contributed by atoms with Crippen LogP contribution in [0.15, 0.2) is 30.5 Å². The minimum absolute atomic E-state index is 0.643. The first-order chi connectivity index (χ1) is 8.58. The number of aryl methyl sites for hydroxylation is 2. The molecule has 0 spiro atoms. The lowest BCUT2D eigenvalue weighted by atomic mass is 10.1. The fourth-order valence-electron chi connectivity index (χ4n) is 2.24. The van der Waals surface area contributed by atoms with Crippen LogP contribution in [-0.2, 0) is 14.1 Å². The first-order valence-corrected chi connectivity index (χ1v) is 5.99. The second kappa shape index (κ2) is 3.78. The average Bonchev–Trinajstić information content (AvgIpc) is 2.82. The number of rotatable bonds is 1. The highest BCUT2D eigenvalue weighted by atomic mass is 35.5. The lowest BCUT2D eigenvalue weighted by molar-refractivity contribution is 0.782. The maximum Gasteiger partial charge on any atom is 0.121 e. The number of fused-ring (bicyclic) bond motifs is 1. The molecule has 2 aromatic heterocycles. The topological polar surface area (TPSA) is 48.8 Å². The Hall–Kier alpha value is -1.94. The van der Waals surface area contributed by atoms with Gasteiger partial charge in [0.2, 0.25) is 0 Å². The van der Waals surface area contributed by atoms with Crippen molar-refractivity contribution in [1.82, 2.24) is 14.3 Å². The third-order valence-corrected chi connectivity index (χ3v) is 3.45. The van der Waals surface area contributed by atoms with Gasteiger partial charge in [0, 0.05) is 37.3 Å². The summed E-state index contributed by atoms with van der Waals surface area (Å²) in [6.07, 6.45) is 2.03. The predicted molar refractivity (Wildman–Crippen MR) is 74.5 cm³/mol. The van der Waals surface area contributed by atoms with Crippen molar-refractivity contribution in [1.29, 1.82) is 0 Å². The molecule has 5 heteroatoms. The molecule has 2 N–H and O–H groups in total. The number of nitrogens with two attached hydrogens (primary N) is 1. The van der Waals surface area contributed by atoms with Crippen LogP contribution in [0.25, 0.3) is 22.2 Å². The predicted octanol–water partition coefficient (Wildman–Crippen LogP) is 2.81. The van der Waals surface area contributed by atoms with E-state index in [0.29, 0.717) is 5.82 Å². The molecule has 18 heavy (non-hydrogen) atoms. The second-order valence-electron chi connectivity index (χ2n) is 4.37. The zero-order valence-electron chi connectivity index (χ0n) is 10.2. The molecule has 0 saturated heterocycles. The summed E-state index contributed by atoms with van der Waals surface area (Å²) in [5.74, 6) is 0.643. The molecule has 3 rings (SSSR count). The van der Waals surface area contributed by atoms with Crippen molar-refractivity contribution < 1.29 is 0 Å². The van der Waals surface area contributed by atoms with Crippen molar-refractivity contribution in [3.8, 4) is 11.3 Å². The zero-order valence-corrected chi connectivity index (χ0v) is 10.9. The molecule has 92 valence electrons. The first-order valence-electron chi connectivity index (χ1n) is 5.61. The maximum absolute atomic E-state index is 6.23. The van der Waals surface area contributed by atoms with E-state index >= 15 is 0 Å². The van der Waals surface area contributed by atoms with Crippen molar-refractivity contribution >= 4 is 28.3 Å². The lowest BCUT2D eigenvalue weighted by Crippen LogP contribution is -1.96. The molecule has 3 aromatic rings. The minimum atomic E-state index is 0.643. The van der Waals surface area contributed by atoms with Crippen molar-refractivity contribution in [3.63, 3.8) is 0 Å². The fourth-order valence-corrected chi connectivity index (χ4v) is 2.54. The van der Waals surface area contributed by atoms with Gasteiger partial charge in [0.15, 0.2) is 0 Å². The molecule has 0 saturated carbocycles. The van der Waals surface area contributed by atoms with Crippen LogP contribution in [-0.4, -0.2) is 14.3 Å². The summed E-state index contributed by atoms with van der Waals surface area (Å²) in [6.45, 7) is 0. The number of aromatic nitrogens is 3. The molecule has 0 atom stereocenters. The van der Waals surface area contributed by atoms with Gasteiger partial charge in [-0.25, -0.2) is 0 Å². The molecule has 1 aromatic carbocycles. The minimum Gasteiger partial charge on any atom is -0.384 e. The van der Waals surface area contributed by atoms with Gasteiger partial charge in [-0.05, 0) is 6.07 Å². The van der Waals surface area contributed by atoms with E-state index in [1.807, 2.05) is 49.1 Å². The highest BCUT2D eigenvalue weighted by molar-refractivity contribution is 6.35. The van der Waals surface area contributed by atoms with Crippen LogP contribution >= 0.6 is 11.6 Å². The van der Waals surface area contributed by atoms with Crippen molar-refractivity contribution in [2.75, 3.05) is 5.73 Å². The number of halogens is 1. The second-order valence-corrected chi connectivity index (χ2v) is 4.77. The Morgan fingerprint density at radius 2 is 2.06 bits per heavy atom. The number of nitrogens with zero attached hydrogens (tertiary/aromatic N) is 3. The van der Waals surface area contributed by atoms with E-state index in [4.69, 9.17) is 17.3 Å². The Labute approximate surface area is 110 Å². The number of nitrogen functional groups attached to an aromatic ring is 1. The van der Waals surface area contributed by atoms with Gasteiger partial charge in [-0.15, -0.1) is 0 Å². The number of hydrogen-bond donors (Lipinski definition) is 1. The van der Waals surface area contributed by atoms with E-state index in [9.17, 15) is 0 Å². The van der Waals surface area contributed by atoms with Crippen LogP contribution in [0.3, 0.4) is 0 Å². The molecule has 2 heterocycles. The van der Waals surface area contributed by atoms with E-state index in [1.54, 1.807) is 4.68 Å². The van der Waals surface area contributed by atoms with E-state index in [0.717, 1.165) is 27.2 Å². The summed E-state index contributed by atoms with van der Waals surface area (Å²) >= 11 is 6.23. The molecule has 0 aliphatic heterocycles. The third kappa shape index (κ3) is 1.49. The van der Waals surface area contributed by atoms with Crippen LogP contribution in [0.4, 0.5) is 5.82 Å². The summed E-state index contributed by atoms with van der Waals surface area (Å²) in [5.41, 5.74) is 8.75. The van der Waals surface area contributed by atoms with Gasteiger partial charge in [-0.1, -0.05) is 23.7 Å². The molecule has 4 nitrogen and oxygen atoms in total. The molecule has 0 aliphatic carbocycles. The molecule has 0 radical (unpaired) electrons. The summed E-state index contributed by atoms with van der Waals surface area (Å²) in [7, 11) is 3.81. The smallest absolute Gasteiger partial charge is 0.121 e. The summed E-state index contributed by atoms with van der Waals surface area (Å²) in [5, 5.41) is 6.24. The monoisotopic (exact) mass is 260 g/mol. The highest BCUT2D eigenvalue weighted by Gasteiger charge is 2.13. The van der Waals surface area contributed by atoms with Gasteiger partial charge < -0.3 is 10.3 Å². The van der Waals surface area contributed by atoms with Crippen LogP contribution in [0.5, 0.6) is 0 Å². The normalized spacial score (nSPS) is 11.3. The van der Waals surface area contributed by atoms with Crippen molar-refractivity contribution in [2.45, 2.75) is 0 Å². The molecular formula is C13H13ClN4. The third-order valence-electron chi connectivity index (χ3n) is 3.14. The molecule has 0 amide bonds. The fraction of sp³-hybridized carbons (Fsp3) is 0.154. The van der Waals surface area contributed by atoms with Crippen molar-refractivity contribution in [2.24, 2.45) is 14.1 Å². The first kappa shape index (κ1) is 11.2. The van der Waals surface area contributed by atoms with Crippen LogP contribution < -0.4 is 5.73 Å². The van der Waals surface area contributed by atoms with Gasteiger partial charge in [0.25, 0.3) is 0 Å². The SMILES string of the molecule is Cn1nc(-c2cn(C)c3c(Cl)cccc23)cc1N. The van der Waals surface area contributed by atoms with E-state index in [2.05, 4.69) is 5.10 Å². The number of para-hydroxylation sites is 1. The van der Waals surface area contributed by atoms with Crippen LogP contribution in [0.1, 0.15) is 0 Å². The van der Waals surface area contributed by atoms with E-state index in [1.165, 1.54) is 0 Å². The Morgan fingerprint density at radius 3 is 2.72 bits per heavy atom. The van der Waals surface area contributed by atoms with Gasteiger partial charge in [-0.3, -0.25) is 4.68 Å². The standard InChI is InChI=1S/C13H13ClN4/c1-17-7-9(11-6-12(15)18(2)16-11)8-4-3-5-10(14)13(8)17/h3-7H,15H2,1-2H3. The maximum atomic E-state index is 6.23. The molecular weight excluding hydrogens is 248 g/mol. The number of hydrogen-bond acceptors (Lipinski definition) is 2. The Balaban J connectivity index is 2.33. The molecule has 0 unspecified atom stereocenters. The van der Waals surface area contributed by atoms with Gasteiger partial charge in [-0.2, -0.15) is 5.10 Å². The average molecular weight is 261 g/mol. The molecule has 0 fully saturated rings. The van der Waals surface area contributed by atoms with E-state index in [-0.39, 0.29) is 0 Å². The summed E-state index contributed by atoms with van der Waals surface area (Å²) < 4.78 is 3.68. The number of benzene rings is 1. The Kier molecular flexibility index (Phi) is 2.35. The summed E-state index contributed by atoms with van der Waals surface area (Å²) in [6, 6.07) is 7.75.